The molecule has 2 heterocycles. The number of hydrogen-bond donors (Lipinski definition) is 2. The van der Waals surface area contributed by atoms with Crippen molar-refractivity contribution in [1.82, 2.24) is 19.9 Å². The van der Waals surface area contributed by atoms with Crippen LogP contribution in [0.15, 0.2) is 41.8 Å². The maximum absolute atomic E-state index is 11.6. The van der Waals surface area contributed by atoms with E-state index in [-0.39, 0.29) is 11.5 Å². The molecule has 6 heteroatoms. The van der Waals surface area contributed by atoms with E-state index in [1.54, 1.807) is 12.5 Å². The molecular weight excluding hydrogens is 220 g/mol. The molecule has 0 spiro atoms. The molecule has 0 aliphatic heterocycles. The molecule has 0 saturated carbocycles. The zero-order chi connectivity index (χ0) is 12.1. The monoisotopic (exact) mass is 232 g/mol. The van der Waals surface area contributed by atoms with Gasteiger partial charge in [-0.1, -0.05) is 0 Å². The first-order chi connectivity index (χ1) is 8.25. The highest BCUT2D eigenvalue weighted by Crippen LogP contribution is 1.92. The van der Waals surface area contributed by atoms with E-state index in [9.17, 15) is 9.59 Å². The van der Waals surface area contributed by atoms with Crippen LogP contribution in [0.2, 0.25) is 0 Å². The topological polar surface area (TPSA) is 79.8 Å². The molecule has 0 bridgehead atoms. The Hall–Kier alpha value is -2.37. The smallest absolute Gasteiger partial charge is 0.252 e. The fourth-order valence-corrected chi connectivity index (χ4v) is 1.37. The van der Waals surface area contributed by atoms with Gasteiger partial charge in [-0.15, -0.1) is 0 Å². The van der Waals surface area contributed by atoms with Crippen molar-refractivity contribution in [1.29, 1.82) is 0 Å². The zero-order valence-corrected chi connectivity index (χ0v) is 9.09. The van der Waals surface area contributed by atoms with Crippen molar-refractivity contribution >= 4 is 5.91 Å². The number of amides is 1. The molecule has 0 aromatic carbocycles. The van der Waals surface area contributed by atoms with Crippen LogP contribution in [0.5, 0.6) is 0 Å². The van der Waals surface area contributed by atoms with E-state index in [1.807, 2.05) is 10.8 Å². The second kappa shape index (κ2) is 5.11. The number of nitrogens with one attached hydrogen (secondary N) is 2. The van der Waals surface area contributed by atoms with E-state index in [2.05, 4.69) is 15.3 Å². The van der Waals surface area contributed by atoms with Gasteiger partial charge >= 0.3 is 0 Å². The van der Waals surface area contributed by atoms with Gasteiger partial charge in [-0.05, 0) is 6.07 Å². The number of nitrogens with zero attached hydrogens (tertiary/aromatic N) is 2. The van der Waals surface area contributed by atoms with Crippen molar-refractivity contribution in [2.75, 3.05) is 6.54 Å². The molecule has 0 aliphatic rings. The van der Waals surface area contributed by atoms with Crippen LogP contribution >= 0.6 is 0 Å². The van der Waals surface area contributed by atoms with E-state index in [0.29, 0.717) is 18.7 Å². The largest absolute Gasteiger partial charge is 0.350 e. The lowest BCUT2D eigenvalue weighted by molar-refractivity contribution is 0.0952. The van der Waals surface area contributed by atoms with Crippen molar-refractivity contribution in [2.24, 2.45) is 0 Å². The van der Waals surface area contributed by atoms with Crippen LogP contribution in [0.4, 0.5) is 0 Å². The number of carbonyl (C=O) groups is 1. The Morgan fingerprint density at radius 1 is 1.47 bits per heavy atom. The molecule has 2 N–H and O–H groups in total. The van der Waals surface area contributed by atoms with Crippen molar-refractivity contribution in [3.05, 3.63) is 53.0 Å². The van der Waals surface area contributed by atoms with Crippen LogP contribution in [0, 0.1) is 0 Å². The summed E-state index contributed by atoms with van der Waals surface area (Å²) in [5.74, 6) is -0.207. The van der Waals surface area contributed by atoms with E-state index in [0.717, 1.165) is 0 Å². The number of hydrogen-bond acceptors (Lipinski definition) is 3. The Morgan fingerprint density at radius 3 is 3.00 bits per heavy atom. The molecule has 2 aromatic rings. The molecule has 17 heavy (non-hydrogen) atoms. The fraction of sp³-hybridized carbons (Fsp3) is 0.182. The quantitative estimate of drug-likeness (QED) is 0.778. The minimum Gasteiger partial charge on any atom is -0.350 e. The Kier molecular flexibility index (Phi) is 3.34. The number of pyridine rings is 1. The van der Waals surface area contributed by atoms with Crippen molar-refractivity contribution in [2.45, 2.75) is 6.54 Å². The van der Waals surface area contributed by atoms with Crippen LogP contribution in [0.1, 0.15) is 10.4 Å². The molecule has 0 fully saturated rings. The molecule has 0 radical (unpaired) electrons. The highest BCUT2D eigenvalue weighted by Gasteiger charge is 2.03. The normalized spacial score (nSPS) is 10.1. The third kappa shape index (κ3) is 3.04. The molecule has 2 rings (SSSR count). The van der Waals surface area contributed by atoms with Gasteiger partial charge in [0.1, 0.15) is 0 Å². The van der Waals surface area contributed by atoms with Gasteiger partial charge in [0.15, 0.2) is 0 Å². The third-order valence-electron chi connectivity index (χ3n) is 2.26. The van der Waals surface area contributed by atoms with Gasteiger partial charge < -0.3 is 14.9 Å². The first-order valence-corrected chi connectivity index (χ1v) is 5.18. The summed E-state index contributed by atoms with van der Waals surface area (Å²) in [6.07, 6.45) is 6.59. The number of aromatic amines is 1. The second-order valence-corrected chi connectivity index (χ2v) is 3.50. The van der Waals surface area contributed by atoms with Gasteiger partial charge in [0.05, 0.1) is 11.9 Å². The average molecular weight is 232 g/mol. The maximum atomic E-state index is 11.6. The summed E-state index contributed by atoms with van der Waals surface area (Å²) in [5, 5.41) is 2.75. The first kappa shape index (κ1) is 11.1. The molecule has 88 valence electrons. The average Bonchev–Trinajstić information content (AvgIpc) is 2.83. The summed E-state index contributed by atoms with van der Waals surface area (Å²) in [5.41, 5.74) is 0.218. The van der Waals surface area contributed by atoms with Crippen LogP contribution in [-0.4, -0.2) is 27.0 Å². The lowest BCUT2D eigenvalue weighted by Gasteiger charge is -2.05. The standard InChI is InChI=1S/C11H12N4O2/c16-10-2-1-9(7-14-10)11(17)13-4-6-15-5-3-12-8-15/h1-3,5,7-8H,4,6H2,(H,13,17)(H,14,16). The third-order valence-corrected chi connectivity index (χ3v) is 2.26. The Balaban J connectivity index is 1.85. The summed E-state index contributed by atoms with van der Waals surface area (Å²) < 4.78 is 1.87. The Bertz CT molecular complexity index is 524. The van der Waals surface area contributed by atoms with Gasteiger partial charge in [0.25, 0.3) is 5.91 Å². The van der Waals surface area contributed by atoms with E-state index in [4.69, 9.17) is 0 Å². The zero-order valence-electron chi connectivity index (χ0n) is 9.09. The maximum Gasteiger partial charge on any atom is 0.252 e. The molecule has 0 unspecified atom stereocenters. The molecule has 0 atom stereocenters. The van der Waals surface area contributed by atoms with Crippen molar-refractivity contribution in [3.8, 4) is 0 Å². The van der Waals surface area contributed by atoms with E-state index < -0.39 is 0 Å². The summed E-state index contributed by atoms with van der Waals surface area (Å²) in [6, 6.07) is 2.82. The van der Waals surface area contributed by atoms with Gasteiger partial charge in [0.2, 0.25) is 5.56 Å². The van der Waals surface area contributed by atoms with E-state index in [1.165, 1.54) is 18.3 Å². The first-order valence-electron chi connectivity index (χ1n) is 5.18. The predicted molar refractivity (Wildman–Crippen MR) is 61.6 cm³/mol. The lowest BCUT2D eigenvalue weighted by Crippen LogP contribution is -2.27. The Morgan fingerprint density at radius 2 is 2.35 bits per heavy atom. The SMILES string of the molecule is O=C(NCCn1ccnc1)c1ccc(=O)[nH]c1. The van der Waals surface area contributed by atoms with Gasteiger partial charge in [-0.3, -0.25) is 9.59 Å². The van der Waals surface area contributed by atoms with Crippen molar-refractivity contribution < 1.29 is 4.79 Å². The minimum atomic E-state index is -0.222. The molecule has 1 amide bonds. The Labute approximate surface area is 97.3 Å². The van der Waals surface area contributed by atoms with Crippen LogP contribution < -0.4 is 10.9 Å². The number of rotatable bonds is 4. The summed E-state index contributed by atoms with van der Waals surface area (Å²) in [7, 11) is 0. The molecule has 0 saturated heterocycles. The summed E-state index contributed by atoms with van der Waals surface area (Å²) in [4.78, 5) is 28.8. The highest BCUT2D eigenvalue weighted by molar-refractivity contribution is 5.93. The molecule has 2 aromatic heterocycles. The van der Waals surface area contributed by atoms with E-state index >= 15 is 0 Å². The lowest BCUT2D eigenvalue weighted by atomic mass is 10.3. The number of aromatic nitrogens is 3. The minimum absolute atomic E-state index is 0.207. The van der Waals surface area contributed by atoms with Gasteiger partial charge in [-0.2, -0.15) is 0 Å². The summed E-state index contributed by atoms with van der Waals surface area (Å²) in [6.45, 7) is 1.17. The second-order valence-electron chi connectivity index (χ2n) is 3.50. The van der Waals surface area contributed by atoms with Gasteiger partial charge in [0, 0.05) is 37.7 Å². The number of carbonyl (C=O) groups excluding carboxylic acids is 1. The van der Waals surface area contributed by atoms with Crippen LogP contribution in [0.25, 0.3) is 0 Å². The molecule has 6 nitrogen and oxygen atoms in total. The highest BCUT2D eigenvalue weighted by atomic mass is 16.1. The molecule has 0 aliphatic carbocycles. The predicted octanol–water partition coefficient (Wildman–Crippen LogP) is 0.00140. The fourth-order valence-electron chi connectivity index (χ4n) is 1.37. The van der Waals surface area contributed by atoms with Gasteiger partial charge in [-0.25, -0.2) is 4.98 Å². The molecular formula is C11H12N4O2. The van der Waals surface area contributed by atoms with Crippen LogP contribution in [0.3, 0.4) is 0 Å². The summed E-state index contributed by atoms with van der Waals surface area (Å²) >= 11 is 0. The number of imidazole rings is 1. The number of H-pyrrole nitrogens is 1. The van der Waals surface area contributed by atoms with Crippen LogP contribution in [-0.2, 0) is 6.54 Å². The van der Waals surface area contributed by atoms with Crippen molar-refractivity contribution in [3.63, 3.8) is 0 Å².